The molecule has 0 bridgehead atoms. The van der Waals surface area contributed by atoms with Crippen LogP contribution in [0.5, 0.6) is 11.6 Å². The van der Waals surface area contributed by atoms with Gasteiger partial charge in [0, 0.05) is 17.2 Å². The average molecular weight is 365 g/mol. The van der Waals surface area contributed by atoms with Crippen LogP contribution in [-0.4, -0.2) is 29.9 Å². The molecule has 27 heavy (non-hydrogen) atoms. The van der Waals surface area contributed by atoms with E-state index in [2.05, 4.69) is 20.3 Å². The van der Waals surface area contributed by atoms with E-state index in [0.717, 1.165) is 11.2 Å². The lowest BCUT2D eigenvalue weighted by Crippen LogP contribution is -1.99. The third kappa shape index (κ3) is 3.34. The maximum Gasteiger partial charge on any atom is 0.238 e. The fourth-order valence-corrected chi connectivity index (χ4v) is 2.69. The molecule has 4 heterocycles. The van der Waals surface area contributed by atoms with Crippen molar-refractivity contribution in [2.75, 3.05) is 0 Å². The van der Waals surface area contributed by atoms with E-state index in [9.17, 15) is 9.50 Å². The number of ether oxygens (including phenoxy) is 1. The van der Waals surface area contributed by atoms with Crippen LogP contribution in [0, 0.1) is 12.9 Å². The molecule has 0 aromatic carbocycles. The van der Waals surface area contributed by atoms with Crippen molar-refractivity contribution in [3.05, 3.63) is 66.0 Å². The Morgan fingerprint density at radius 2 is 1.96 bits per heavy atom. The second kappa shape index (κ2) is 6.73. The van der Waals surface area contributed by atoms with Gasteiger partial charge in [0.05, 0.1) is 35.4 Å². The minimum atomic E-state index is -0.917. The highest BCUT2D eigenvalue weighted by Crippen LogP contribution is 2.27. The van der Waals surface area contributed by atoms with Gasteiger partial charge in [-0.1, -0.05) is 0 Å². The summed E-state index contributed by atoms with van der Waals surface area (Å²) < 4.78 is 21.4. The van der Waals surface area contributed by atoms with Crippen molar-refractivity contribution in [1.82, 2.24) is 24.8 Å². The minimum Gasteiger partial charge on any atom is -0.436 e. The van der Waals surface area contributed by atoms with Gasteiger partial charge >= 0.3 is 0 Å². The third-order valence-corrected chi connectivity index (χ3v) is 4.09. The van der Waals surface area contributed by atoms with Crippen molar-refractivity contribution in [1.29, 1.82) is 0 Å². The molecular weight excluding hydrogens is 349 g/mol. The maximum absolute atomic E-state index is 14.1. The summed E-state index contributed by atoms with van der Waals surface area (Å²) in [5.74, 6) is 0.225. The number of halogens is 1. The van der Waals surface area contributed by atoms with Gasteiger partial charge in [0.25, 0.3) is 0 Å². The van der Waals surface area contributed by atoms with Gasteiger partial charge in [0.1, 0.15) is 5.75 Å². The van der Waals surface area contributed by atoms with Gasteiger partial charge in [-0.25, -0.2) is 9.50 Å². The second-order valence-electron chi connectivity index (χ2n) is 6.12. The lowest BCUT2D eigenvalue weighted by atomic mass is 10.1. The summed E-state index contributed by atoms with van der Waals surface area (Å²) in [5, 5.41) is 21.7. The van der Waals surface area contributed by atoms with E-state index in [1.54, 1.807) is 41.2 Å². The molecule has 4 aromatic rings. The third-order valence-electron chi connectivity index (χ3n) is 4.09. The number of hydrogen-bond donors (Lipinski definition) is 1. The highest BCUT2D eigenvalue weighted by molar-refractivity contribution is 5.77. The van der Waals surface area contributed by atoms with E-state index in [4.69, 9.17) is 4.74 Å². The topological polar surface area (TPSA) is 85.4 Å². The van der Waals surface area contributed by atoms with Gasteiger partial charge in [-0.2, -0.15) is 14.6 Å². The molecule has 0 aliphatic rings. The Morgan fingerprint density at radius 1 is 1.11 bits per heavy atom. The first-order valence-corrected chi connectivity index (χ1v) is 8.32. The van der Waals surface area contributed by atoms with Crippen LogP contribution in [0.2, 0.25) is 0 Å². The van der Waals surface area contributed by atoms with Crippen LogP contribution in [-0.2, 0) is 0 Å². The first-order valence-electron chi connectivity index (χ1n) is 8.32. The first kappa shape index (κ1) is 17.0. The Morgan fingerprint density at radius 3 is 2.67 bits per heavy atom. The summed E-state index contributed by atoms with van der Waals surface area (Å²) in [6.07, 6.45) is 2.38. The van der Waals surface area contributed by atoms with Crippen molar-refractivity contribution < 1.29 is 14.2 Å². The van der Waals surface area contributed by atoms with Crippen molar-refractivity contribution in [2.24, 2.45) is 0 Å². The SMILES string of the molecule is Cc1ccc(Oc2ccc3c(-c4ccc(C(C)O)c(F)n4)cnn3c2)nn1. The maximum atomic E-state index is 14.1. The van der Waals surface area contributed by atoms with E-state index in [1.807, 2.05) is 13.0 Å². The number of pyridine rings is 2. The zero-order valence-electron chi connectivity index (χ0n) is 14.7. The van der Waals surface area contributed by atoms with Crippen LogP contribution >= 0.6 is 0 Å². The number of fused-ring (bicyclic) bond motifs is 1. The summed E-state index contributed by atoms with van der Waals surface area (Å²) in [5.41, 5.74) is 2.81. The molecular formula is C19H16FN5O2. The summed E-state index contributed by atoms with van der Waals surface area (Å²) in [7, 11) is 0. The number of nitrogens with zero attached hydrogens (tertiary/aromatic N) is 5. The average Bonchev–Trinajstić information content (AvgIpc) is 3.06. The van der Waals surface area contributed by atoms with Crippen molar-refractivity contribution in [3.63, 3.8) is 0 Å². The quantitative estimate of drug-likeness (QED) is 0.557. The van der Waals surface area contributed by atoms with E-state index < -0.39 is 12.1 Å². The van der Waals surface area contributed by atoms with Crippen LogP contribution in [0.1, 0.15) is 24.3 Å². The highest BCUT2D eigenvalue weighted by atomic mass is 19.1. The van der Waals surface area contributed by atoms with Gasteiger partial charge < -0.3 is 9.84 Å². The molecule has 0 saturated carbocycles. The molecule has 1 N–H and O–H groups in total. The fourth-order valence-electron chi connectivity index (χ4n) is 2.69. The van der Waals surface area contributed by atoms with Crippen LogP contribution in [0.25, 0.3) is 16.8 Å². The Bertz CT molecular complexity index is 1110. The highest BCUT2D eigenvalue weighted by Gasteiger charge is 2.14. The molecule has 8 heteroatoms. The molecule has 0 amide bonds. The molecule has 0 spiro atoms. The summed E-state index contributed by atoms with van der Waals surface area (Å²) >= 11 is 0. The molecule has 0 saturated heterocycles. The first-order chi connectivity index (χ1) is 13.0. The molecule has 1 unspecified atom stereocenters. The predicted molar refractivity (Wildman–Crippen MR) is 95.9 cm³/mol. The Balaban J connectivity index is 1.66. The normalized spacial score (nSPS) is 12.3. The van der Waals surface area contributed by atoms with E-state index >= 15 is 0 Å². The number of aliphatic hydroxyl groups excluding tert-OH is 1. The van der Waals surface area contributed by atoms with Crippen LogP contribution in [0.4, 0.5) is 4.39 Å². The van der Waals surface area contributed by atoms with Gasteiger partial charge in [-0.05, 0) is 44.2 Å². The van der Waals surface area contributed by atoms with E-state index in [0.29, 0.717) is 22.9 Å². The number of aromatic nitrogens is 5. The van der Waals surface area contributed by atoms with E-state index in [-0.39, 0.29) is 5.56 Å². The Labute approximate surface area is 154 Å². The standard InChI is InChI=1S/C19H16FN5O2/c1-11-3-8-18(24-23-11)27-13-4-7-17-15(9-21-25(17)10-13)16-6-5-14(12(2)26)19(20)22-16/h3-10,12,26H,1-2H3. The molecule has 0 aliphatic carbocycles. The molecule has 0 radical (unpaired) electrons. The number of aliphatic hydroxyl groups is 1. The van der Waals surface area contributed by atoms with Gasteiger partial charge in [-0.3, -0.25) is 0 Å². The Kier molecular flexibility index (Phi) is 4.25. The smallest absolute Gasteiger partial charge is 0.238 e. The molecule has 0 fully saturated rings. The lowest BCUT2D eigenvalue weighted by molar-refractivity contribution is 0.193. The van der Waals surface area contributed by atoms with Gasteiger partial charge in [0.15, 0.2) is 0 Å². The Hall–Kier alpha value is -3.39. The van der Waals surface area contributed by atoms with E-state index in [1.165, 1.54) is 13.0 Å². The summed E-state index contributed by atoms with van der Waals surface area (Å²) in [4.78, 5) is 3.96. The van der Waals surface area contributed by atoms with Crippen LogP contribution < -0.4 is 4.74 Å². The molecule has 1 atom stereocenters. The van der Waals surface area contributed by atoms with Gasteiger partial charge in [0.2, 0.25) is 11.8 Å². The van der Waals surface area contributed by atoms with Crippen LogP contribution in [0.15, 0.2) is 48.8 Å². The number of hydrogen-bond acceptors (Lipinski definition) is 6. The molecule has 4 aromatic heterocycles. The van der Waals surface area contributed by atoms with Crippen LogP contribution in [0.3, 0.4) is 0 Å². The summed E-state index contributed by atoms with van der Waals surface area (Å²) in [6.45, 7) is 3.34. The lowest BCUT2D eigenvalue weighted by Gasteiger charge is -2.07. The number of aryl methyl sites for hydroxylation is 1. The van der Waals surface area contributed by atoms with Crippen molar-refractivity contribution in [2.45, 2.75) is 20.0 Å². The monoisotopic (exact) mass is 365 g/mol. The predicted octanol–water partition coefficient (Wildman–Crippen LogP) is 3.48. The van der Waals surface area contributed by atoms with Crippen molar-refractivity contribution >= 4 is 5.52 Å². The fraction of sp³-hybridized carbons (Fsp3) is 0.158. The number of rotatable bonds is 4. The van der Waals surface area contributed by atoms with Crippen molar-refractivity contribution in [3.8, 4) is 22.9 Å². The zero-order valence-corrected chi connectivity index (χ0v) is 14.7. The molecule has 4 rings (SSSR count). The summed E-state index contributed by atoms with van der Waals surface area (Å²) in [6, 6.07) is 10.3. The molecule has 0 aliphatic heterocycles. The zero-order chi connectivity index (χ0) is 19.0. The molecule has 136 valence electrons. The van der Waals surface area contributed by atoms with Gasteiger partial charge in [-0.15, -0.1) is 5.10 Å². The minimum absolute atomic E-state index is 0.158. The molecule has 7 nitrogen and oxygen atoms in total. The largest absolute Gasteiger partial charge is 0.436 e. The second-order valence-corrected chi connectivity index (χ2v) is 6.12.